The van der Waals surface area contributed by atoms with E-state index in [9.17, 15) is 4.79 Å². The number of aromatic amines is 1. The van der Waals surface area contributed by atoms with Gasteiger partial charge in [-0.2, -0.15) is 0 Å². The van der Waals surface area contributed by atoms with E-state index in [1.165, 1.54) is 0 Å². The number of aromatic nitrogens is 2. The second-order valence-electron chi connectivity index (χ2n) is 4.30. The molecule has 3 N–H and O–H groups in total. The van der Waals surface area contributed by atoms with Gasteiger partial charge < -0.3 is 15.1 Å². The van der Waals surface area contributed by atoms with Gasteiger partial charge in [-0.05, 0) is 24.5 Å². The molecule has 0 fully saturated rings. The van der Waals surface area contributed by atoms with Crippen molar-refractivity contribution in [3.63, 3.8) is 0 Å². The predicted molar refractivity (Wildman–Crippen MR) is 65.8 cm³/mol. The summed E-state index contributed by atoms with van der Waals surface area (Å²) in [5.74, 6) is 1.22. The molecule has 90 valence electrons. The van der Waals surface area contributed by atoms with E-state index in [0.717, 1.165) is 5.56 Å². The molecule has 0 spiro atoms. The van der Waals surface area contributed by atoms with E-state index in [4.69, 9.17) is 10.2 Å². The third-order valence-electron chi connectivity index (χ3n) is 2.64. The molecule has 0 saturated heterocycles. The molecule has 0 bridgehead atoms. The van der Waals surface area contributed by atoms with Gasteiger partial charge in [0.1, 0.15) is 5.82 Å². The van der Waals surface area contributed by atoms with Crippen LogP contribution in [0.5, 0.6) is 0 Å². The SMILES string of the molecule is Cc1ccoc1-c1nc(N)c(C(C)C)c(=O)[nH]1. The summed E-state index contributed by atoms with van der Waals surface area (Å²) in [6, 6.07) is 1.81. The molecule has 2 aromatic heterocycles. The molecular weight excluding hydrogens is 218 g/mol. The highest BCUT2D eigenvalue weighted by molar-refractivity contribution is 5.55. The Morgan fingerprint density at radius 3 is 2.65 bits per heavy atom. The van der Waals surface area contributed by atoms with Crippen LogP contribution in [0.2, 0.25) is 0 Å². The van der Waals surface area contributed by atoms with Crippen LogP contribution in [0.1, 0.15) is 30.9 Å². The number of furan rings is 1. The van der Waals surface area contributed by atoms with Crippen LogP contribution in [0.4, 0.5) is 5.82 Å². The Balaban J connectivity index is 2.61. The molecule has 17 heavy (non-hydrogen) atoms. The van der Waals surface area contributed by atoms with Gasteiger partial charge in [-0.25, -0.2) is 4.98 Å². The molecule has 0 aromatic carbocycles. The van der Waals surface area contributed by atoms with E-state index in [2.05, 4.69) is 9.97 Å². The molecule has 0 aliphatic rings. The minimum atomic E-state index is -0.210. The largest absolute Gasteiger partial charge is 0.461 e. The smallest absolute Gasteiger partial charge is 0.256 e. The van der Waals surface area contributed by atoms with Gasteiger partial charge in [0, 0.05) is 0 Å². The molecule has 2 heterocycles. The molecule has 5 heteroatoms. The summed E-state index contributed by atoms with van der Waals surface area (Å²) in [7, 11) is 0. The Morgan fingerprint density at radius 2 is 2.18 bits per heavy atom. The Bertz CT molecular complexity index is 596. The van der Waals surface area contributed by atoms with E-state index in [-0.39, 0.29) is 17.3 Å². The highest BCUT2D eigenvalue weighted by atomic mass is 16.3. The van der Waals surface area contributed by atoms with Gasteiger partial charge in [-0.15, -0.1) is 0 Å². The first-order valence-electron chi connectivity index (χ1n) is 5.45. The molecule has 0 atom stereocenters. The average Bonchev–Trinajstić information content (AvgIpc) is 2.62. The third-order valence-corrected chi connectivity index (χ3v) is 2.64. The van der Waals surface area contributed by atoms with Crippen LogP contribution in [0, 0.1) is 6.92 Å². The summed E-state index contributed by atoms with van der Waals surface area (Å²) in [6.07, 6.45) is 1.55. The van der Waals surface area contributed by atoms with Crippen LogP contribution in [0.25, 0.3) is 11.6 Å². The van der Waals surface area contributed by atoms with Crippen molar-refractivity contribution in [3.05, 3.63) is 33.8 Å². The van der Waals surface area contributed by atoms with Gasteiger partial charge in [0.15, 0.2) is 11.6 Å². The maximum absolute atomic E-state index is 11.9. The molecule has 0 unspecified atom stereocenters. The van der Waals surface area contributed by atoms with Crippen LogP contribution in [0.15, 0.2) is 21.5 Å². The predicted octanol–water partition coefficient (Wildman–Crippen LogP) is 2.04. The molecule has 2 aromatic rings. The molecule has 0 amide bonds. The van der Waals surface area contributed by atoms with Crippen LogP contribution >= 0.6 is 0 Å². The second-order valence-corrected chi connectivity index (χ2v) is 4.30. The van der Waals surface area contributed by atoms with E-state index in [1.54, 1.807) is 6.26 Å². The summed E-state index contributed by atoms with van der Waals surface area (Å²) < 4.78 is 5.27. The summed E-state index contributed by atoms with van der Waals surface area (Å²) in [5, 5.41) is 0. The monoisotopic (exact) mass is 233 g/mol. The number of hydrogen-bond donors (Lipinski definition) is 2. The topological polar surface area (TPSA) is 84.9 Å². The molecule has 5 nitrogen and oxygen atoms in total. The lowest BCUT2D eigenvalue weighted by Gasteiger charge is -2.08. The quantitative estimate of drug-likeness (QED) is 0.831. The Morgan fingerprint density at radius 1 is 1.47 bits per heavy atom. The van der Waals surface area contributed by atoms with Crippen molar-refractivity contribution in [3.8, 4) is 11.6 Å². The lowest BCUT2D eigenvalue weighted by Crippen LogP contribution is -2.19. The van der Waals surface area contributed by atoms with Crippen molar-refractivity contribution >= 4 is 5.82 Å². The van der Waals surface area contributed by atoms with Crippen LogP contribution in [-0.4, -0.2) is 9.97 Å². The first-order valence-corrected chi connectivity index (χ1v) is 5.45. The highest BCUT2D eigenvalue weighted by Gasteiger charge is 2.15. The summed E-state index contributed by atoms with van der Waals surface area (Å²) in [6.45, 7) is 5.69. The molecule has 0 radical (unpaired) electrons. The number of nitrogens with zero attached hydrogens (tertiary/aromatic N) is 1. The number of nitrogens with one attached hydrogen (secondary N) is 1. The molecule has 0 aliphatic heterocycles. The van der Waals surface area contributed by atoms with Crippen molar-refractivity contribution in [2.24, 2.45) is 0 Å². The maximum atomic E-state index is 11.9. The van der Waals surface area contributed by atoms with Crippen LogP contribution in [-0.2, 0) is 0 Å². The fourth-order valence-corrected chi connectivity index (χ4v) is 1.78. The zero-order valence-corrected chi connectivity index (χ0v) is 10.1. The third kappa shape index (κ3) is 1.95. The summed E-state index contributed by atoms with van der Waals surface area (Å²) in [4.78, 5) is 18.8. The molecular formula is C12H15N3O2. The lowest BCUT2D eigenvalue weighted by atomic mass is 10.1. The van der Waals surface area contributed by atoms with Crippen molar-refractivity contribution in [1.29, 1.82) is 0 Å². The van der Waals surface area contributed by atoms with Crippen LogP contribution in [0.3, 0.4) is 0 Å². The number of aryl methyl sites for hydroxylation is 1. The minimum Gasteiger partial charge on any atom is -0.461 e. The summed E-state index contributed by atoms with van der Waals surface area (Å²) >= 11 is 0. The second kappa shape index (κ2) is 4.08. The summed E-state index contributed by atoms with van der Waals surface area (Å²) in [5.41, 5.74) is 7.02. The van der Waals surface area contributed by atoms with Gasteiger partial charge >= 0.3 is 0 Å². The van der Waals surface area contributed by atoms with Crippen molar-refractivity contribution in [2.75, 3.05) is 5.73 Å². The van der Waals surface area contributed by atoms with Gasteiger partial charge in [0.05, 0.1) is 11.8 Å². The average molecular weight is 233 g/mol. The Kier molecular flexibility index (Phi) is 2.75. The first-order chi connectivity index (χ1) is 8.00. The van der Waals surface area contributed by atoms with Crippen LogP contribution < -0.4 is 11.3 Å². The number of rotatable bonds is 2. The maximum Gasteiger partial charge on any atom is 0.256 e. The Labute approximate surface area is 98.7 Å². The number of nitrogens with two attached hydrogens (primary N) is 1. The van der Waals surface area contributed by atoms with Gasteiger partial charge in [0.25, 0.3) is 5.56 Å². The highest BCUT2D eigenvalue weighted by Crippen LogP contribution is 2.22. The van der Waals surface area contributed by atoms with Gasteiger partial charge in [-0.1, -0.05) is 13.8 Å². The normalized spacial score (nSPS) is 11.1. The van der Waals surface area contributed by atoms with E-state index < -0.39 is 0 Å². The molecule has 2 rings (SSSR count). The van der Waals surface area contributed by atoms with Gasteiger partial charge in [-0.3, -0.25) is 4.79 Å². The lowest BCUT2D eigenvalue weighted by molar-refractivity contribution is 0.575. The fourth-order valence-electron chi connectivity index (χ4n) is 1.78. The standard InChI is InChI=1S/C12H15N3O2/c1-6(2)8-10(13)14-11(15-12(8)16)9-7(3)4-5-17-9/h4-6H,1-3H3,(H3,13,14,15,16). The van der Waals surface area contributed by atoms with Crippen molar-refractivity contribution in [2.45, 2.75) is 26.7 Å². The van der Waals surface area contributed by atoms with Crippen molar-refractivity contribution in [1.82, 2.24) is 9.97 Å². The number of anilines is 1. The van der Waals surface area contributed by atoms with E-state index >= 15 is 0 Å². The zero-order valence-electron chi connectivity index (χ0n) is 10.1. The minimum absolute atomic E-state index is 0.0398. The first kappa shape index (κ1) is 11.4. The van der Waals surface area contributed by atoms with Gasteiger partial charge in [0.2, 0.25) is 0 Å². The molecule has 0 saturated carbocycles. The van der Waals surface area contributed by atoms with E-state index in [0.29, 0.717) is 17.1 Å². The zero-order chi connectivity index (χ0) is 12.6. The van der Waals surface area contributed by atoms with Crippen molar-refractivity contribution < 1.29 is 4.42 Å². The molecule has 0 aliphatic carbocycles. The number of H-pyrrole nitrogens is 1. The fraction of sp³-hybridized carbons (Fsp3) is 0.333. The number of hydrogen-bond acceptors (Lipinski definition) is 4. The van der Waals surface area contributed by atoms with E-state index in [1.807, 2.05) is 26.8 Å². The Hall–Kier alpha value is -2.04. The number of nitrogen functional groups attached to an aromatic ring is 1.